The summed E-state index contributed by atoms with van der Waals surface area (Å²) in [5.74, 6) is 0.253. The van der Waals surface area contributed by atoms with Crippen molar-refractivity contribution >= 4 is 23.2 Å². The number of piperazine rings is 1. The highest BCUT2D eigenvalue weighted by Gasteiger charge is 2.35. The van der Waals surface area contributed by atoms with Gasteiger partial charge in [-0.25, -0.2) is 0 Å². The van der Waals surface area contributed by atoms with Crippen LogP contribution in [0.1, 0.15) is 20.8 Å². The van der Waals surface area contributed by atoms with E-state index in [9.17, 15) is 4.79 Å². The maximum atomic E-state index is 12.9. The van der Waals surface area contributed by atoms with Gasteiger partial charge in [-0.3, -0.25) is 4.79 Å². The van der Waals surface area contributed by atoms with Crippen LogP contribution < -0.4 is 9.80 Å². The number of benzene rings is 1. The molecule has 2 fully saturated rings. The lowest BCUT2D eigenvalue weighted by Crippen LogP contribution is -3.19. The van der Waals surface area contributed by atoms with Crippen molar-refractivity contribution in [1.82, 2.24) is 4.90 Å². The van der Waals surface area contributed by atoms with Crippen LogP contribution in [-0.2, 0) is 9.53 Å². The number of hydrogen-bond donors (Lipinski definition) is 1. The van der Waals surface area contributed by atoms with Crippen LogP contribution in [0.25, 0.3) is 0 Å². The molecule has 1 aromatic rings. The molecular weight excluding hydrogens is 338 g/mol. The van der Waals surface area contributed by atoms with Crippen LogP contribution in [0.15, 0.2) is 24.3 Å². The molecule has 1 amide bonds. The van der Waals surface area contributed by atoms with Crippen molar-refractivity contribution in [2.45, 2.75) is 39.0 Å². The number of amides is 1. The summed E-state index contributed by atoms with van der Waals surface area (Å²) in [4.78, 5) is 18.6. The normalized spacial score (nSPS) is 26.6. The molecule has 3 atom stereocenters. The molecule has 1 N–H and O–H groups in total. The monoisotopic (exact) mass is 366 g/mol. The molecule has 0 aliphatic carbocycles. The highest BCUT2D eigenvalue weighted by Crippen LogP contribution is 2.24. The van der Waals surface area contributed by atoms with Gasteiger partial charge in [0.25, 0.3) is 5.91 Å². The first-order valence-corrected chi connectivity index (χ1v) is 9.61. The summed E-state index contributed by atoms with van der Waals surface area (Å²) in [6.07, 6.45) is 0.235. The third-order valence-electron chi connectivity index (χ3n) is 5.31. The summed E-state index contributed by atoms with van der Waals surface area (Å²) in [6.45, 7) is 11.3. The highest BCUT2D eigenvalue weighted by molar-refractivity contribution is 6.33. The van der Waals surface area contributed by atoms with Gasteiger partial charge in [0.15, 0.2) is 6.04 Å². The number of ether oxygens (including phenoxy) is 1. The van der Waals surface area contributed by atoms with Crippen LogP contribution in [0.5, 0.6) is 0 Å². The van der Waals surface area contributed by atoms with Gasteiger partial charge in [-0.05, 0) is 32.9 Å². The predicted octanol–water partition coefficient (Wildman–Crippen LogP) is 1.07. The number of nitrogens with one attached hydrogen (secondary N) is 1. The van der Waals surface area contributed by atoms with Gasteiger partial charge >= 0.3 is 0 Å². The van der Waals surface area contributed by atoms with Crippen molar-refractivity contribution in [1.29, 1.82) is 0 Å². The van der Waals surface area contributed by atoms with E-state index in [0.717, 1.165) is 36.9 Å². The van der Waals surface area contributed by atoms with Gasteiger partial charge in [0.05, 0.1) is 49.1 Å². The second-order valence-electron chi connectivity index (χ2n) is 7.32. The smallest absolute Gasteiger partial charge is 0.280 e. The predicted molar refractivity (Wildman–Crippen MR) is 100 cm³/mol. The van der Waals surface area contributed by atoms with Crippen molar-refractivity contribution < 1.29 is 14.4 Å². The molecule has 138 valence electrons. The van der Waals surface area contributed by atoms with Crippen LogP contribution in [0.2, 0.25) is 5.02 Å². The molecule has 2 aliphatic heterocycles. The number of nitrogens with zero attached hydrogens (tertiary/aromatic N) is 2. The molecule has 3 rings (SSSR count). The first kappa shape index (κ1) is 18.5. The second kappa shape index (κ2) is 7.94. The number of hydrogen-bond acceptors (Lipinski definition) is 3. The number of para-hydroxylation sites is 1. The molecule has 2 saturated heterocycles. The third-order valence-corrected chi connectivity index (χ3v) is 5.63. The van der Waals surface area contributed by atoms with Gasteiger partial charge in [-0.15, -0.1) is 0 Å². The van der Waals surface area contributed by atoms with Gasteiger partial charge in [0.2, 0.25) is 0 Å². The number of anilines is 1. The topological polar surface area (TPSA) is 37.2 Å². The van der Waals surface area contributed by atoms with E-state index in [1.807, 2.05) is 36.9 Å². The number of rotatable bonds is 3. The van der Waals surface area contributed by atoms with Crippen LogP contribution >= 0.6 is 11.6 Å². The number of morpholine rings is 1. The fraction of sp³-hybridized carbons (Fsp3) is 0.632. The van der Waals surface area contributed by atoms with Gasteiger partial charge < -0.3 is 19.4 Å². The average molecular weight is 367 g/mol. The fourth-order valence-corrected chi connectivity index (χ4v) is 4.24. The van der Waals surface area contributed by atoms with Gasteiger partial charge in [0.1, 0.15) is 0 Å². The lowest BCUT2D eigenvalue weighted by atomic mass is 10.1. The van der Waals surface area contributed by atoms with Crippen LogP contribution in [0.4, 0.5) is 5.69 Å². The molecule has 0 spiro atoms. The SMILES string of the molecule is C[C@H](C(=O)N1C[C@H](C)O[C@@H](C)C1)[NH+]1CCN(c2ccccc2Cl)CC1. The molecule has 25 heavy (non-hydrogen) atoms. The first-order valence-electron chi connectivity index (χ1n) is 9.24. The maximum absolute atomic E-state index is 12.9. The minimum atomic E-state index is -0.00843. The number of carbonyl (C=O) groups excluding carboxylic acids is 1. The Hall–Kier alpha value is -1.30. The van der Waals surface area contributed by atoms with Crippen LogP contribution in [0, 0.1) is 0 Å². The zero-order valence-corrected chi connectivity index (χ0v) is 16.1. The molecule has 5 nitrogen and oxygen atoms in total. The Bertz CT molecular complexity index is 594. The van der Waals surface area contributed by atoms with Crippen molar-refractivity contribution in [2.75, 3.05) is 44.2 Å². The number of halogens is 1. The fourth-order valence-electron chi connectivity index (χ4n) is 3.98. The second-order valence-corrected chi connectivity index (χ2v) is 7.73. The Balaban J connectivity index is 1.57. The van der Waals surface area contributed by atoms with Crippen molar-refractivity contribution in [3.05, 3.63) is 29.3 Å². The van der Waals surface area contributed by atoms with E-state index in [2.05, 4.69) is 17.9 Å². The summed E-state index contributed by atoms with van der Waals surface area (Å²) in [7, 11) is 0. The van der Waals surface area contributed by atoms with Crippen molar-refractivity contribution in [3.8, 4) is 0 Å². The summed E-state index contributed by atoms with van der Waals surface area (Å²) < 4.78 is 5.75. The lowest BCUT2D eigenvalue weighted by Gasteiger charge is -2.40. The van der Waals surface area contributed by atoms with E-state index in [0.29, 0.717) is 13.1 Å². The lowest BCUT2D eigenvalue weighted by molar-refractivity contribution is -0.915. The highest BCUT2D eigenvalue weighted by atomic mass is 35.5. The van der Waals surface area contributed by atoms with E-state index < -0.39 is 0 Å². The molecule has 0 radical (unpaired) electrons. The van der Waals surface area contributed by atoms with E-state index in [1.165, 1.54) is 4.90 Å². The Morgan fingerprint density at radius 3 is 2.40 bits per heavy atom. The quantitative estimate of drug-likeness (QED) is 0.869. The first-order chi connectivity index (χ1) is 12.0. The molecule has 0 saturated carbocycles. The molecule has 6 heteroatoms. The largest absolute Gasteiger partial charge is 0.372 e. The van der Waals surface area contributed by atoms with Gasteiger partial charge in [-0.2, -0.15) is 0 Å². The Morgan fingerprint density at radius 1 is 1.20 bits per heavy atom. The summed E-state index contributed by atoms with van der Waals surface area (Å²) in [5, 5.41) is 0.798. The summed E-state index contributed by atoms with van der Waals surface area (Å²) in [6, 6.07) is 7.97. The van der Waals surface area contributed by atoms with Crippen LogP contribution in [-0.4, -0.2) is 68.3 Å². The molecule has 0 aromatic heterocycles. The van der Waals surface area contributed by atoms with Gasteiger partial charge in [-0.1, -0.05) is 23.7 Å². The number of quaternary nitrogens is 1. The van der Waals surface area contributed by atoms with E-state index in [-0.39, 0.29) is 24.2 Å². The minimum Gasteiger partial charge on any atom is -0.372 e. The molecular formula is C19H29ClN3O2+. The van der Waals surface area contributed by atoms with Crippen molar-refractivity contribution in [2.24, 2.45) is 0 Å². The Labute approximate surface area is 155 Å². The van der Waals surface area contributed by atoms with Crippen LogP contribution in [0.3, 0.4) is 0 Å². The zero-order chi connectivity index (χ0) is 18.0. The standard InChI is InChI=1S/C19H28ClN3O2/c1-14-12-23(13-15(2)25-14)19(24)16(3)21-8-10-22(11-9-21)18-7-5-4-6-17(18)20/h4-7,14-16H,8-13H2,1-3H3/p+1/t14-,15-,16+/m0/s1. The van der Waals surface area contributed by atoms with E-state index >= 15 is 0 Å². The third kappa shape index (κ3) is 4.27. The Morgan fingerprint density at radius 2 is 1.80 bits per heavy atom. The summed E-state index contributed by atoms with van der Waals surface area (Å²) >= 11 is 6.31. The molecule has 0 unspecified atom stereocenters. The maximum Gasteiger partial charge on any atom is 0.280 e. The molecule has 2 aliphatic rings. The van der Waals surface area contributed by atoms with Gasteiger partial charge in [0, 0.05) is 13.1 Å². The molecule has 2 heterocycles. The summed E-state index contributed by atoms with van der Waals surface area (Å²) in [5.41, 5.74) is 1.10. The minimum absolute atomic E-state index is 0.00843. The Kier molecular flexibility index (Phi) is 5.87. The molecule has 1 aromatic carbocycles. The molecule has 0 bridgehead atoms. The van der Waals surface area contributed by atoms with E-state index in [4.69, 9.17) is 16.3 Å². The van der Waals surface area contributed by atoms with E-state index in [1.54, 1.807) is 0 Å². The zero-order valence-electron chi connectivity index (χ0n) is 15.4. The number of carbonyl (C=O) groups is 1. The van der Waals surface area contributed by atoms with Crippen molar-refractivity contribution in [3.63, 3.8) is 0 Å². The average Bonchev–Trinajstić information content (AvgIpc) is 2.60.